The van der Waals surface area contributed by atoms with Crippen LogP contribution in [0.1, 0.15) is 27.8 Å². The molecule has 0 unspecified atom stereocenters. The van der Waals surface area contributed by atoms with Crippen LogP contribution in [0.2, 0.25) is 0 Å². The van der Waals surface area contributed by atoms with Gasteiger partial charge in [-0.25, -0.2) is 0 Å². The molecular weight excluding hydrogens is 633 g/mol. The Bertz CT molecular complexity index is 2760. The summed E-state index contributed by atoms with van der Waals surface area (Å²) in [6.45, 7) is 0. The van der Waals surface area contributed by atoms with Crippen LogP contribution in [-0.2, 0) is 6.18 Å². The molecule has 2 aromatic heterocycles. The molecule has 0 spiro atoms. The van der Waals surface area contributed by atoms with Crippen molar-refractivity contribution in [2.24, 2.45) is 0 Å². The summed E-state index contributed by atoms with van der Waals surface area (Å²) < 4.78 is 46.2. The number of para-hydroxylation sites is 2. The van der Waals surface area contributed by atoms with Gasteiger partial charge in [-0.2, -0.15) is 34.2 Å². The number of fused-ring (bicyclic) bond motifs is 6. The number of hydrogen-bond donors (Lipinski definition) is 0. The zero-order chi connectivity index (χ0) is 34.7. The SMILES string of the molecule is N#Cc1cc(-c2cc(-n3c4ccccc4c4ccc(C#N)cc43)c(C#N)c(-n3c4ccccc4c4ccc(C#N)cc43)c2)cc(C(F)(F)F)c1. The summed E-state index contributed by atoms with van der Waals surface area (Å²) in [5, 5.41) is 43.7. The molecule has 0 N–H and O–H groups in total. The summed E-state index contributed by atoms with van der Waals surface area (Å²) in [7, 11) is 0. The Labute approximate surface area is 282 Å². The highest BCUT2D eigenvalue weighted by atomic mass is 19.4. The normalized spacial score (nSPS) is 11.4. The van der Waals surface area contributed by atoms with Crippen LogP contribution in [0.3, 0.4) is 0 Å². The second kappa shape index (κ2) is 11.1. The summed E-state index contributed by atoms with van der Waals surface area (Å²) in [5.74, 6) is 0. The lowest BCUT2D eigenvalue weighted by molar-refractivity contribution is -0.137. The standard InChI is InChI=1S/C41H19F3N6/c42-41(43,44)29-14-26(22-47)13-27(17-29)28-18-39(49-35-7-3-1-5-30(35)32-11-9-24(20-45)15-37(32)49)34(23-48)40(19-28)50-36-8-4-2-6-31(36)33-12-10-25(21-46)16-38(33)50/h1-19H. The molecule has 50 heavy (non-hydrogen) atoms. The molecule has 6 nitrogen and oxygen atoms in total. The molecule has 0 aliphatic carbocycles. The second-order valence-electron chi connectivity index (χ2n) is 11.8. The zero-order valence-electron chi connectivity index (χ0n) is 25.8. The monoisotopic (exact) mass is 652 g/mol. The van der Waals surface area contributed by atoms with E-state index in [0.717, 1.165) is 33.7 Å². The first kappa shape index (κ1) is 30.0. The van der Waals surface area contributed by atoms with Crippen molar-refractivity contribution in [2.75, 3.05) is 0 Å². The molecule has 0 radical (unpaired) electrons. The Hall–Kier alpha value is -7.33. The first-order chi connectivity index (χ1) is 24.2. The Morgan fingerprint density at radius 1 is 0.440 bits per heavy atom. The number of rotatable bonds is 3. The fraction of sp³-hybridized carbons (Fsp3) is 0.0244. The molecular formula is C41H19F3N6. The van der Waals surface area contributed by atoms with E-state index in [9.17, 15) is 34.2 Å². The van der Waals surface area contributed by atoms with Crippen molar-refractivity contribution < 1.29 is 13.2 Å². The molecule has 9 heteroatoms. The van der Waals surface area contributed by atoms with Crippen LogP contribution >= 0.6 is 0 Å². The van der Waals surface area contributed by atoms with Crippen LogP contribution < -0.4 is 0 Å². The minimum absolute atomic E-state index is 0.125. The number of halogens is 3. The van der Waals surface area contributed by atoms with E-state index in [1.54, 1.807) is 36.4 Å². The molecule has 0 saturated carbocycles. The van der Waals surface area contributed by atoms with E-state index in [-0.39, 0.29) is 16.7 Å². The second-order valence-corrected chi connectivity index (χ2v) is 11.8. The number of hydrogen-bond acceptors (Lipinski definition) is 4. The molecule has 0 aliphatic rings. The lowest BCUT2D eigenvalue weighted by Crippen LogP contribution is -2.07. The zero-order valence-corrected chi connectivity index (χ0v) is 25.8. The maximum Gasteiger partial charge on any atom is 0.416 e. The Morgan fingerprint density at radius 2 is 0.900 bits per heavy atom. The molecule has 234 valence electrons. The molecule has 0 bridgehead atoms. The fourth-order valence-corrected chi connectivity index (χ4v) is 6.87. The quantitative estimate of drug-likeness (QED) is 0.189. The third kappa shape index (κ3) is 4.54. The van der Waals surface area contributed by atoms with Crippen molar-refractivity contribution in [3.63, 3.8) is 0 Å². The van der Waals surface area contributed by atoms with E-state index in [2.05, 4.69) is 18.2 Å². The highest BCUT2D eigenvalue weighted by molar-refractivity contribution is 6.11. The number of alkyl halides is 3. The lowest BCUT2D eigenvalue weighted by Gasteiger charge is -2.19. The fourth-order valence-electron chi connectivity index (χ4n) is 6.87. The van der Waals surface area contributed by atoms with Crippen molar-refractivity contribution in [3.05, 3.63) is 143 Å². The van der Waals surface area contributed by atoms with Crippen molar-refractivity contribution >= 4 is 43.6 Å². The van der Waals surface area contributed by atoms with Crippen LogP contribution in [0.5, 0.6) is 0 Å². The summed E-state index contributed by atoms with van der Waals surface area (Å²) in [6, 6.07) is 40.7. The average molecular weight is 653 g/mol. The summed E-state index contributed by atoms with van der Waals surface area (Å²) >= 11 is 0. The highest BCUT2D eigenvalue weighted by Crippen LogP contribution is 2.41. The van der Waals surface area contributed by atoms with Crippen LogP contribution in [0.4, 0.5) is 13.2 Å². The van der Waals surface area contributed by atoms with Gasteiger partial charge in [0.15, 0.2) is 0 Å². The van der Waals surface area contributed by atoms with Crippen LogP contribution in [0.25, 0.3) is 66.1 Å². The van der Waals surface area contributed by atoms with Crippen molar-refractivity contribution in [3.8, 4) is 46.8 Å². The first-order valence-electron chi connectivity index (χ1n) is 15.3. The molecule has 2 heterocycles. The van der Waals surface area contributed by atoms with Crippen molar-refractivity contribution in [2.45, 2.75) is 6.18 Å². The number of aromatic nitrogens is 2. The van der Waals surface area contributed by atoms with E-state index in [0.29, 0.717) is 50.1 Å². The van der Waals surface area contributed by atoms with Gasteiger partial charge in [0.2, 0.25) is 0 Å². The van der Waals surface area contributed by atoms with Gasteiger partial charge in [-0.05, 0) is 77.9 Å². The minimum atomic E-state index is -4.72. The number of nitriles is 4. The molecule has 0 aliphatic heterocycles. The Balaban J connectivity index is 1.59. The van der Waals surface area contributed by atoms with E-state index < -0.39 is 11.7 Å². The predicted molar refractivity (Wildman–Crippen MR) is 184 cm³/mol. The maximum atomic E-state index is 14.2. The lowest BCUT2D eigenvalue weighted by atomic mass is 9.96. The van der Waals surface area contributed by atoms with Gasteiger partial charge in [-0.15, -0.1) is 0 Å². The third-order valence-corrected chi connectivity index (χ3v) is 9.02. The molecule has 6 aromatic carbocycles. The van der Waals surface area contributed by atoms with Gasteiger partial charge in [0, 0.05) is 21.5 Å². The van der Waals surface area contributed by atoms with Gasteiger partial charge in [-0.3, -0.25) is 0 Å². The summed E-state index contributed by atoms with van der Waals surface area (Å²) in [6.07, 6.45) is -4.72. The Morgan fingerprint density at radius 3 is 1.36 bits per heavy atom. The molecule has 0 saturated heterocycles. The molecule has 0 amide bonds. The maximum absolute atomic E-state index is 14.2. The summed E-state index contributed by atoms with van der Waals surface area (Å²) in [5.41, 5.74) is 3.68. The van der Waals surface area contributed by atoms with Gasteiger partial charge in [0.05, 0.1) is 73.9 Å². The van der Waals surface area contributed by atoms with Gasteiger partial charge >= 0.3 is 6.18 Å². The molecule has 8 rings (SSSR count). The van der Waals surface area contributed by atoms with E-state index in [1.807, 2.05) is 75.9 Å². The first-order valence-corrected chi connectivity index (χ1v) is 15.3. The van der Waals surface area contributed by atoms with Crippen LogP contribution in [0, 0.1) is 45.3 Å². The van der Waals surface area contributed by atoms with E-state index in [1.165, 1.54) is 6.07 Å². The predicted octanol–water partition coefficient (Wildman–Crippen LogP) is 10.1. The molecule has 8 aromatic rings. The van der Waals surface area contributed by atoms with Crippen LogP contribution in [0.15, 0.2) is 115 Å². The van der Waals surface area contributed by atoms with Gasteiger partial charge in [0.25, 0.3) is 0 Å². The minimum Gasteiger partial charge on any atom is -0.308 e. The van der Waals surface area contributed by atoms with Crippen molar-refractivity contribution in [1.82, 2.24) is 9.13 Å². The Kier molecular flexibility index (Phi) is 6.69. The summed E-state index contributed by atoms with van der Waals surface area (Å²) in [4.78, 5) is 0. The van der Waals surface area contributed by atoms with Gasteiger partial charge in [0.1, 0.15) is 11.6 Å². The smallest absolute Gasteiger partial charge is 0.308 e. The third-order valence-electron chi connectivity index (χ3n) is 9.02. The largest absolute Gasteiger partial charge is 0.416 e. The van der Waals surface area contributed by atoms with Crippen LogP contribution in [-0.4, -0.2) is 9.13 Å². The number of nitrogens with zero attached hydrogens (tertiary/aromatic N) is 6. The average Bonchev–Trinajstić information content (AvgIpc) is 3.65. The van der Waals surface area contributed by atoms with Crippen molar-refractivity contribution in [1.29, 1.82) is 21.0 Å². The van der Waals surface area contributed by atoms with E-state index in [4.69, 9.17) is 0 Å². The molecule has 0 fully saturated rings. The van der Waals surface area contributed by atoms with Gasteiger partial charge in [-0.1, -0.05) is 48.5 Å². The number of benzene rings is 6. The highest BCUT2D eigenvalue weighted by Gasteiger charge is 2.32. The molecule has 0 atom stereocenters. The topological polar surface area (TPSA) is 105 Å². The van der Waals surface area contributed by atoms with E-state index >= 15 is 0 Å². The van der Waals surface area contributed by atoms with Gasteiger partial charge < -0.3 is 9.13 Å².